The fourth-order valence-corrected chi connectivity index (χ4v) is 3.98. The van der Waals surface area contributed by atoms with E-state index in [9.17, 15) is 8.42 Å². The molecule has 0 bridgehead atoms. The number of fused-ring (bicyclic) bond motifs is 1. The maximum absolute atomic E-state index is 12.4. The van der Waals surface area contributed by atoms with Crippen LogP contribution >= 0.6 is 0 Å². The summed E-state index contributed by atoms with van der Waals surface area (Å²) in [6.45, 7) is 6.78. The molecule has 5 heteroatoms. The van der Waals surface area contributed by atoms with E-state index in [1.54, 1.807) is 6.07 Å². The lowest BCUT2D eigenvalue weighted by Gasteiger charge is -2.23. The fourth-order valence-electron chi connectivity index (χ4n) is 2.38. The number of rotatable bonds is 4. The minimum Gasteiger partial charge on any atom is -0.385 e. The first-order chi connectivity index (χ1) is 8.95. The van der Waals surface area contributed by atoms with Crippen molar-refractivity contribution in [1.82, 2.24) is 4.72 Å². The van der Waals surface area contributed by atoms with Gasteiger partial charge in [0.1, 0.15) is 0 Å². The Morgan fingerprint density at radius 3 is 2.84 bits per heavy atom. The number of aryl methyl sites for hydroxylation is 1. The molecule has 1 aliphatic rings. The van der Waals surface area contributed by atoms with Crippen LogP contribution in [0.5, 0.6) is 0 Å². The van der Waals surface area contributed by atoms with Gasteiger partial charge in [0.25, 0.3) is 0 Å². The summed E-state index contributed by atoms with van der Waals surface area (Å²) < 4.78 is 27.6. The Hall–Kier alpha value is -1.07. The quantitative estimate of drug-likeness (QED) is 0.891. The molecule has 0 amide bonds. The molecule has 0 radical (unpaired) electrons. The molecule has 0 fully saturated rings. The molecular weight excluding hydrogens is 260 g/mol. The second kappa shape index (κ2) is 5.51. The highest BCUT2D eigenvalue weighted by Gasteiger charge is 2.24. The van der Waals surface area contributed by atoms with Crippen LogP contribution in [0.4, 0.5) is 5.69 Å². The molecule has 1 aromatic rings. The summed E-state index contributed by atoms with van der Waals surface area (Å²) in [5, 5.41) is 3.32. The average Bonchev–Trinajstić information content (AvgIpc) is 2.38. The maximum Gasteiger partial charge on any atom is 0.241 e. The third-order valence-electron chi connectivity index (χ3n) is 3.64. The van der Waals surface area contributed by atoms with Gasteiger partial charge in [0.05, 0.1) is 4.90 Å². The summed E-state index contributed by atoms with van der Waals surface area (Å²) in [5.74, 6) is 0. The van der Waals surface area contributed by atoms with Crippen LogP contribution in [0.25, 0.3) is 0 Å². The second-order valence-corrected chi connectivity index (χ2v) is 6.88. The van der Waals surface area contributed by atoms with Crippen molar-refractivity contribution < 1.29 is 8.42 Å². The lowest BCUT2D eigenvalue weighted by Crippen LogP contribution is -2.33. The van der Waals surface area contributed by atoms with E-state index in [0.717, 1.165) is 42.6 Å². The van der Waals surface area contributed by atoms with Crippen molar-refractivity contribution in [2.24, 2.45) is 0 Å². The van der Waals surface area contributed by atoms with Crippen molar-refractivity contribution in [2.75, 3.05) is 11.9 Å². The van der Waals surface area contributed by atoms with Crippen LogP contribution in [0.3, 0.4) is 0 Å². The fraction of sp³-hybridized carbons (Fsp3) is 0.571. The summed E-state index contributed by atoms with van der Waals surface area (Å²) in [5.41, 5.74) is 3.04. The van der Waals surface area contributed by atoms with Crippen molar-refractivity contribution in [1.29, 1.82) is 0 Å². The largest absolute Gasteiger partial charge is 0.385 e. The van der Waals surface area contributed by atoms with E-state index in [1.165, 1.54) is 0 Å². The van der Waals surface area contributed by atoms with E-state index in [1.807, 2.05) is 26.8 Å². The SMILES string of the molecule is CCC(C)NS(=O)(=O)c1ccc(C)c2c1CCCN2. The number of benzene rings is 1. The smallest absolute Gasteiger partial charge is 0.241 e. The van der Waals surface area contributed by atoms with Crippen molar-refractivity contribution >= 4 is 15.7 Å². The van der Waals surface area contributed by atoms with Gasteiger partial charge >= 0.3 is 0 Å². The maximum atomic E-state index is 12.4. The number of anilines is 1. The molecule has 1 aliphatic heterocycles. The van der Waals surface area contributed by atoms with Gasteiger partial charge in [-0.1, -0.05) is 13.0 Å². The molecule has 2 N–H and O–H groups in total. The summed E-state index contributed by atoms with van der Waals surface area (Å²) >= 11 is 0. The van der Waals surface area contributed by atoms with Crippen LogP contribution in [0.2, 0.25) is 0 Å². The summed E-state index contributed by atoms with van der Waals surface area (Å²) in [4.78, 5) is 0.431. The highest BCUT2D eigenvalue weighted by atomic mass is 32.2. The van der Waals surface area contributed by atoms with Crippen molar-refractivity contribution in [3.63, 3.8) is 0 Å². The second-order valence-electron chi connectivity index (χ2n) is 5.20. The lowest BCUT2D eigenvalue weighted by molar-refractivity contribution is 0.554. The van der Waals surface area contributed by atoms with Gasteiger partial charge in [0, 0.05) is 18.3 Å². The van der Waals surface area contributed by atoms with Gasteiger partial charge in [0.2, 0.25) is 10.0 Å². The van der Waals surface area contributed by atoms with Crippen molar-refractivity contribution in [3.05, 3.63) is 23.3 Å². The predicted molar refractivity (Wildman–Crippen MR) is 78.1 cm³/mol. The number of sulfonamides is 1. The van der Waals surface area contributed by atoms with E-state index < -0.39 is 10.0 Å². The number of hydrogen-bond acceptors (Lipinski definition) is 3. The Bertz CT molecular complexity index is 567. The standard InChI is InChI=1S/C14H22N2O2S/c1-4-11(3)16-19(17,18)13-8-7-10(2)14-12(13)6-5-9-15-14/h7-8,11,15-16H,4-6,9H2,1-3H3. The molecule has 1 atom stereocenters. The van der Waals surface area contributed by atoms with Gasteiger partial charge in [-0.15, -0.1) is 0 Å². The molecule has 0 aromatic heterocycles. The molecule has 2 rings (SSSR count). The molecule has 1 heterocycles. The van der Waals surface area contributed by atoms with Crippen LogP contribution in [0.15, 0.2) is 17.0 Å². The summed E-state index contributed by atoms with van der Waals surface area (Å²) in [6, 6.07) is 3.56. The van der Waals surface area contributed by atoms with Gasteiger partial charge in [-0.2, -0.15) is 0 Å². The summed E-state index contributed by atoms with van der Waals surface area (Å²) in [6.07, 6.45) is 2.58. The Balaban J connectivity index is 2.45. The molecule has 0 saturated heterocycles. The average molecular weight is 282 g/mol. The molecule has 0 aliphatic carbocycles. The van der Waals surface area contributed by atoms with Crippen LogP contribution < -0.4 is 10.0 Å². The molecule has 106 valence electrons. The first-order valence-corrected chi connectivity index (χ1v) is 8.32. The monoisotopic (exact) mass is 282 g/mol. The van der Waals surface area contributed by atoms with Crippen LogP contribution in [0.1, 0.15) is 37.8 Å². The first kappa shape index (κ1) is 14.3. The van der Waals surface area contributed by atoms with Crippen molar-refractivity contribution in [2.45, 2.75) is 51.0 Å². The van der Waals surface area contributed by atoms with Crippen LogP contribution in [-0.4, -0.2) is 21.0 Å². The first-order valence-electron chi connectivity index (χ1n) is 6.84. The Labute approximate surface area is 115 Å². The normalized spacial score (nSPS) is 16.6. The molecule has 0 saturated carbocycles. The zero-order chi connectivity index (χ0) is 14.0. The molecule has 1 aromatic carbocycles. The Kier molecular flexibility index (Phi) is 4.16. The zero-order valence-electron chi connectivity index (χ0n) is 11.8. The van der Waals surface area contributed by atoms with Gasteiger partial charge in [-0.25, -0.2) is 13.1 Å². The molecule has 1 unspecified atom stereocenters. The molecule has 0 spiro atoms. The zero-order valence-corrected chi connectivity index (χ0v) is 12.6. The van der Waals surface area contributed by atoms with E-state index in [2.05, 4.69) is 10.0 Å². The minimum absolute atomic E-state index is 0.0431. The minimum atomic E-state index is -3.42. The van der Waals surface area contributed by atoms with Crippen LogP contribution in [-0.2, 0) is 16.4 Å². The topological polar surface area (TPSA) is 58.2 Å². The number of hydrogen-bond donors (Lipinski definition) is 2. The third kappa shape index (κ3) is 2.92. The molecule has 4 nitrogen and oxygen atoms in total. The summed E-state index contributed by atoms with van der Waals surface area (Å²) in [7, 11) is -3.42. The van der Waals surface area contributed by atoms with E-state index >= 15 is 0 Å². The Morgan fingerprint density at radius 2 is 2.16 bits per heavy atom. The molecular formula is C14H22N2O2S. The van der Waals surface area contributed by atoms with Gasteiger partial charge in [-0.3, -0.25) is 0 Å². The van der Waals surface area contributed by atoms with Crippen LogP contribution in [0, 0.1) is 6.92 Å². The van der Waals surface area contributed by atoms with Gasteiger partial charge < -0.3 is 5.32 Å². The molecule has 19 heavy (non-hydrogen) atoms. The Morgan fingerprint density at radius 1 is 1.42 bits per heavy atom. The predicted octanol–water partition coefficient (Wildman–Crippen LogP) is 2.43. The van der Waals surface area contributed by atoms with E-state index in [4.69, 9.17) is 0 Å². The highest BCUT2D eigenvalue weighted by Crippen LogP contribution is 2.31. The third-order valence-corrected chi connectivity index (χ3v) is 5.32. The van der Waals surface area contributed by atoms with Crippen molar-refractivity contribution in [3.8, 4) is 0 Å². The van der Waals surface area contributed by atoms with Gasteiger partial charge in [0.15, 0.2) is 0 Å². The lowest BCUT2D eigenvalue weighted by atomic mass is 10.00. The highest BCUT2D eigenvalue weighted by molar-refractivity contribution is 7.89. The number of nitrogens with one attached hydrogen (secondary N) is 2. The van der Waals surface area contributed by atoms with Gasteiger partial charge in [-0.05, 0) is 50.3 Å². The van der Waals surface area contributed by atoms with E-state index in [-0.39, 0.29) is 6.04 Å². The van der Waals surface area contributed by atoms with E-state index in [0.29, 0.717) is 4.90 Å².